The monoisotopic (exact) mass is 260 g/mol. The number of carbonyl (C=O) groups excluding carboxylic acids is 1. The first kappa shape index (κ1) is 11.7. The van der Waals surface area contributed by atoms with Crippen molar-refractivity contribution in [3.63, 3.8) is 0 Å². The van der Waals surface area contributed by atoms with Gasteiger partial charge in [-0.1, -0.05) is 0 Å². The minimum Gasteiger partial charge on any atom is -0.461 e. The van der Waals surface area contributed by atoms with Crippen LogP contribution >= 0.6 is 0 Å². The largest absolute Gasteiger partial charge is 0.461 e. The summed E-state index contributed by atoms with van der Waals surface area (Å²) in [4.78, 5) is 12.2. The van der Waals surface area contributed by atoms with Crippen LogP contribution < -0.4 is 0 Å². The third kappa shape index (κ3) is 1.71. The highest BCUT2D eigenvalue weighted by Gasteiger charge is 2.57. The average molecular weight is 260 g/mol. The van der Waals surface area contributed by atoms with E-state index in [0.29, 0.717) is 17.6 Å². The number of Topliss-reactive ketones (excluding diaryl/α,β-unsaturated/α-hetero) is 1. The Morgan fingerprint density at radius 2 is 1.84 bits per heavy atom. The molecule has 0 atom stereocenters. The number of ketones is 1. The molecule has 0 unspecified atom stereocenters. The number of aliphatic hydroxyl groups is 1. The van der Waals surface area contributed by atoms with E-state index in [1.165, 1.54) is 12.7 Å². The van der Waals surface area contributed by atoms with E-state index in [1.54, 1.807) is 12.1 Å². The lowest BCUT2D eigenvalue weighted by atomic mass is 9.49. The smallest absolute Gasteiger partial charge is 0.200 e. The lowest BCUT2D eigenvalue weighted by Crippen LogP contribution is -2.58. The van der Waals surface area contributed by atoms with Crippen LogP contribution in [0.5, 0.6) is 0 Å². The van der Waals surface area contributed by atoms with E-state index in [2.05, 4.69) is 0 Å². The van der Waals surface area contributed by atoms with Crippen molar-refractivity contribution in [2.45, 2.75) is 44.1 Å². The fourth-order valence-corrected chi connectivity index (χ4v) is 5.07. The van der Waals surface area contributed by atoms with Gasteiger partial charge in [0.1, 0.15) is 0 Å². The summed E-state index contributed by atoms with van der Waals surface area (Å²) in [7, 11) is 0. The third-order valence-electron chi connectivity index (χ3n) is 5.79. The lowest BCUT2D eigenvalue weighted by molar-refractivity contribution is -0.170. The van der Waals surface area contributed by atoms with Gasteiger partial charge >= 0.3 is 0 Å². The van der Waals surface area contributed by atoms with Crippen molar-refractivity contribution >= 4 is 5.78 Å². The summed E-state index contributed by atoms with van der Waals surface area (Å²) in [6.45, 7) is 0. The molecule has 0 aromatic carbocycles. The first-order valence-electron chi connectivity index (χ1n) is 7.44. The molecule has 0 radical (unpaired) electrons. The van der Waals surface area contributed by atoms with Gasteiger partial charge in [0.15, 0.2) is 5.76 Å². The van der Waals surface area contributed by atoms with Crippen LogP contribution in [0.1, 0.15) is 49.1 Å². The molecule has 1 aromatic rings. The number of carbonyl (C=O) groups is 1. The predicted octanol–water partition coefficient (Wildman–Crippen LogP) is 3.04. The average Bonchev–Trinajstić information content (AvgIpc) is 2.89. The van der Waals surface area contributed by atoms with Crippen LogP contribution in [0, 0.1) is 23.7 Å². The first-order chi connectivity index (χ1) is 9.15. The molecule has 5 rings (SSSR count). The predicted molar refractivity (Wildman–Crippen MR) is 69.7 cm³/mol. The van der Waals surface area contributed by atoms with Crippen LogP contribution in [-0.2, 0) is 0 Å². The molecule has 19 heavy (non-hydrogen) atoms. The summed E-state index contributed by atoms with van der Waals surface area (Å²) in [5.74, 6) is 2.63. The molecule has 0 saturated heterocycles. The SMILES string of the molecule is O=C(CC1(O)C2CC3CC(C2)CC1C3)c1ccco1. The first-order valence-corrected chi connectivity index (χ1v) is 7.44. The van der Waals surface area contributed by atoms with Gasteiger partial charge in [0, 0.05) is 6.42 Å². The summed E-state index contributed by atoms with van der Waals surface area (Å²) >= 11 is 0. The van der Waals surface area contributed by atoms with Gasteiger partial charge in [0.25, 0.3) is 0 Å². The minimum atomic E-state index is -0.767. The van der Waals surface area contributed by atoms with Gasteiger partial charge in [-0.25, -0.2) is 0 Å². The molecule has 1 aromatic heterocycles. The van der Waals surface area contributed by atoms with E-state index in [-0.39, 0.29) is 12.2 Å². The quantitative estimate of drug-likeness (QED) is 0.850. The van der Waals surface area contributed by atoms with Crippen molar-refractivity contribution in [1.82, 2.24) is 0 Å². The van der Waals surface area contributed by atoms with Crippen molar-refractivity contribution in [1.29, 1.82) is 0 Å². The Balaban J connectivity index is 1.58. The maximum absolute atomic E-state index is 12.2. The van der Waals surface area contributed by atoms with Gasteiger partial charge in [-0.05, 0) is 67.9 Å². The maximum atomic E-state index is 12.2. The molecule has 0 spiro atoms. The van der Waals surface area contributed by atoms with Crippen LogP contribution in [0.2, 0.25) is 0 Å². The second-order valence-electron chi connectivity index (χ2n) is 6.87. The summed E-state index contributed by atoms with van der Waals surface area (Å²) < 4.78 is 5.17. The molecule has 4 fully saturated rings. The molecule has 4 aliphatic rings. The van der Waals surface area contributed by atoms with Gasteiger partial charge in [0.2, 0.25) is 5.78 Å². The van der Waals surface area contributed by atoms with Crippen LogP contribution in [-0.4, -0.2) is 16.5 Å². The molecule has 4 saturated carbocycles. The molecule has 102 valence electrons. The Morgan fingerprint density at radius 3 is 2.37 bits per heavy atom. The van der Waals surface area contributed by atoms with E-state index < -0.39 is 5.60 Å². The molecule has 3 nitrogen and oxygen atoms in total. The van der Waals surface area contributed by atoms with E-state index in [0.717, 1.165) is 37.5 Å². The zero-order chi connectivity index (χ0) is 13.0. The van der Waals surface area contributed by atoms with Crippen LogP contribution in [0.15, 0.2) is 22.8 Å². The topological polar surface area (TPSA) is 50.4 Å². The zero-order valence-electron chi connectivity index (χ0n) is 11.0. The Hall–Kier alpha value is -1.09. The Labute approximate surface area is 113 Å². The highest BCUT2D eigenvalue weighted by atomic mass is 16.3. The van der Waals surface area contributed by atoms with E-state index in [4.69, 9.17) is 4.42 Å². The van der Waals surface area contributed by atoms with E-state index in [9.17, 15) is 9.90 Å². The molecule has 1 heterocycles. The van der Waals surface area contributed by atoms with E-state index >= 15 is 0 Å². The van der Waals surface area contributed by atoms with E-state index in [1.807, 2.05) is 0 Å². The minimum absolute atomic E-state index is 0.0417. The molecule has 4 bridgehead atoms. The molecule has 0 aliphatic heterocycles. The van der Waals surface area contributed by atoms with Crippen LogP contribution in [0.4, 0.5) is 0 Å². The molecular weight excluding hydrogens is 240 g/mol. The Kier molecular flexibility index (Phi) is 2.44. The number of hydrogen-bond donors (Lipinski definition) is 1. The second kappa shape index (κ2) is 3.95. The van der Waals surface area contributed by atoms with Crippen molar-refractivity contribution in [3.8, 4) is 0 Å². The molecule has 1 N–H and O–H groups in total. The van der Waals surface area contributed by atoms with Crippen molar-refractivity contribution in [2.75, 3.05) is 0 Å². The van der Waals surface area contributed by atoms with Crippen LogP contribution in [0.25, 0.3) is 0 Å². The van der Waals surface area contributed by atoms with Crippen molar-refractivity contribution in [2.24, 2.45) is 23.7 Å². The van der Waals surface area contributed by atoms with Gasteiger partial charge in [-0.3, -0.25) is 4.79 Å². The fraction of sp³-hybridized carbons (Fsp3) is 0.688. The molecule has 3 heteroatoms. The third-order valence-corrected chi connectivity index (χ3v) is 5.79. The maximum Gasteiger partial charge on any atom is 0.200 e. The number of furan rings is 1. The standard InChI is InChI=1S/C16H20O3/c17-14(15-2-1-3-19-15)9-16(18)12-5-10-4-11(7-12)8-13(16)6-10/h1-3,10-13,18H,4-9H2. The number of rotatable bonds is 3. The van der Waals surface area contributed by atoms with Gasteiger partial charge in [-0.15, -0.1) is 0 Å². The van der Waals surface area contributed by atoms with Gasteiger partial charge in [-0.2, -0.15) is 0 Å². The molecular formula is C16H20O3. The summed E-state index contributed by atoms with van der Waals surface area (Å²) in [6.07, 6.45) is 7.60. The van der Waals surface area contributed by atoms with Crippen molar-refractivity contribution < 1.29 is 14.3 Å². The Morgan fingerprint density at radius 1 is 1.21 bits per heavy atom. The summed E-state index contributed by atoms with van der Waals surface area (Å²) in [6, 6.07) is 3.43. The van der Waals surface area contributed by atoms with Gasteiger partial charge in [0.05, 0.1) is 11.9 Å². The second-order valence-corrected chi connectivity index (χ2v) is 6.87. The van der Waals surface area contributed by atoms with Gasteiger partial charge < -0.3 is 9.52 Å². The number of hydrogen-bond acceptors (Lipinski definition) is 3. The highest BCUT2D eigenvalue weighted by Crippen LogP contribution is 2.59. The Bertz CT molecular complexity index is 460. The highest BCUT2D eigenvalue weighted by molar-refractivity contribution is 5.94. The molecule has 4 aliphatic carbocycles. The summed E-state index contributed by atoms with van der Waals surface area (Å²) in [5, 5.41) is 11.1. The normalized spacial score (nSPS) is 43.6. The summed E-state index contributed by atoms with van der Waals surface area (Å²) in [5.41, 5.74) is -0.767. The zero-order valence-corrected chi connectivity index (χ0v) is 11.0. The fourth-order valence-electron chi connectivity index (χ4n) is 5.07. The van der Waals surface area contributed by atoms with Crippen molar-refractivity contribution in [3.05, 3.63) is 24.2 Å². The van der Waals surface area contributed by atoms with Crippen LogP contribution in [0.3, 0.4) is 0 Å². The lowest BCUT2D eigenvalue weighted by Gasteiger charge is -2.58. The molecule has 0 amide bonds.